The molecule has 1 rings (SSSR count). The Morgan fingerprint density at radius 1 is 1.31 bits per heavy atom. The van der Waals surface area contributed by atoms with Crippen LogP contribution in [0.15, 0.2) is 30.3 Å². The van der Waals surface area contributed by atoms with Crippen molar-refractivity contribution < 1.29 is 19.4 Å². The van der Waals surface area contributed by atoms with Crippen LogP contribution in [0.25, 0.3) is 0 Å². The minimum Gasteiger partial charge on any atom is -0.464 e. The summed E-state index contributed by atoms with van der Waals surface area (Å²) in [5, 5.41) is 9.81. The van der Waals surface area contributed by atoms with Crippen LogP contribution in [0.2, 0.25) is 0 Å². The van der Waals surface area contributed by atoms with E-state index in [9.17, 15) is 14.7 Å². The molecule has 1 N–H and O–H groups in total. The Morgan fingerprint density at radius 2 is 1.88 bits per heavy atom. The van der Waals surface area contributed by atoms with Crippen molar-refractivity contribution in [3.05, 3.63) is 35.9 Å². The van der Waals surface area contributed by atoms with Crippen LogP contribution in [-0.2, 0) is 9.53 Å². The molecule has 4 nitrogen and oxygen atoms in total. The van der Waals surface area contributed by atoms with E-state index in [0.29, 0.717) is 0 Å². The molecule has 0 radical (unpaired) electrons. The zero-order valence-electron chi connectivity index (χ0n) is 9.27. The molecule has 16 heavy (non-hydrogen) atoms. The van der Waals surface area contributed by atoms with Crippen LogP contribution in [-0.4, -0.2) is 29.1 Å². The number of ether oxygens (including phenoxy) is 1. The van der Waals surface area contributed by atoms with Crippen molar-refractivity contribution >= 4 is 11.8 Å². The van der Waals surface area contributed by atoms with E-state index in [1.807, 2.05) is 0 Å². The molecule has 0 aliphatic rings. The summed E-state index contributed by atoms with van der Waals surface area (Å²) < 4.78 is 4.64. The predicted octanol–water partition coefficient (Wildman–Crippen LogP) is 1.18. The highest BCUT2D eigenvalue weighted by Gasteiger charge is 2.40. The molecule has 0 fully saturated rings. The molecule has 0 bridgehead atoms. The molecule has 0 saturated heterocycles. The van der Waals surface area contributed by atoms with Gasteiger partial charge in [-0.3, -0.25) is 4.79 Å². The molecule has 0 unspecified atom stereocenters. The summed E-state index contributed by atoms with van der Waals surface area (Å²) in [5.41, 5.74) is -1.85. The highest BCUT2D eigenvalue weighted by Crippen LogP contribution is 2.14. The first-order valence-electron chi connectivity index (χ1n) is 4.99. The van der Waals surface area contributed by atoms with Gasteiger partial charge in [0, 0.05) is 5.56 Å². The molecule has 0 aliphatic heterocycles. The van der Waals surface area contributed by atoms with Crippen molar-refractivity contribution in [1.29, 1.82) is 0 Å². The van der Waals surface area contributed by atoms with Crippen LogP contribution in [0, 0.1) is 0 Å². The number of aliphatic hydroxyl groups is 1. The highest BCUT2D eigenvalue weighted by molar-refractivity contribution is 6.14. The molecule has 1 aromatic carbocycles. The van der Waals surface area contributed by atoms with Crippen molar-refractivity contribution in [3.8, 4) is 0 Å². The smallest absolute Gasteiger partial charge is 0.346 e. The summed E-state index contributed by atoms with van der Waals surface area (Å²) in [4.78, 5) is 23.2. The van der Waals surface area contributed by atoms with Gasteiger partial charge in [0.2, 0.25) is 11.4 Å². The van der Waals surface area contributed by atoms with Crippen molar-refractivity contribution in [1.82, 2.24) is 0 Å². The van der Waals surface area contributed by atoms with E-state index in [2.05, 4.69) is 4.74 Å². The fourth-order valence-corrected chi connectivity index (χ4v) is 1.23. The van der Waals surface area contributed by atoms with Gasteiger partial charge in [-0.05, 0) is 13.8 Å². The molecule has 0 amide bonds. The summed E-state index contributed by atoms with van der Waals surface area (Å²) in [5.74, 6) is -1.59. The van der Waals surface area contributed by atoms with Crippen LogP contribution in [0.3, 0.4) is 0 Å². The number of benzene rings is 1. The molecule has 86 valence electrons. The topological polar surface area (TPSA) is 63.6 Å². The van der Waals surface area contributed by atoms with E-state index in [4.69, 9.17) is 0 Å². The van der Waals surface area contributed by atoms with E-state index in [1.54, 1.807) is 25.1 Å². The summed E-state index contributed by atoms with van der Waals surface area (Å²) in [6, 6.07) is 8.14. The molecule has 4 heteroatoms. The van der Waals surface area contributed by atoms with Gasteiger partial charge in [-0.2, -0.15) is 0 Å². The molecular weight excluding hydrogens is 208 g/mol. The average Bonchev–Trinajstić information content (AvgIpc) is 2.29. The lowest BCUT2D eigenvalue weighted by molar-refractivity contribution is -0.158. The third-order valence-corrected chi connectivity index (χ3v) is 2.15. The maximum Gasteiger partial charge on any atom is 0.346 e. The van der Waals surface area contributed by atoms with Crippen LogP contribution >= 0.6 is 0 Å². The molecule has 0 spiro atoms. The van der Waals surface area contributed by atoms with Crippen molar-refractivity contribution in [3.63, 3.8) is 0 Å². The van der Waals surface area contributed by atoms with E-state index < -0.39 is 17.4 Å². The minimum absolute atomic E-state index is 0.122. The van der Waals surface area contributed by atoms with Gasteiger partial charge in [0.05, 0.1) is 6.61 Å². The third kappa shape index (κ3) is 2.46. The predicted molar refractivity (Wildman–Crippen MR) is 58.0 cm³/mol. The molecule has 0 saturated carbocycles. The second kappa shape index (κ2) is 4.90. The number of esters is 1. The first-order valence-corrected chi connectivity index (χ1v) is 4.99. The Hall–Kier alpha value is -1.68. The number of carbonyl (C=O) groups excluding carboxylic acids is 2. The van der Waals surface area contributed by atoms with Gasteiger partial charge in [-0.15, -0.1) is 0 Å². The van der Waals surface area contributed by atoms with Crippen LogP contribution in [0.4, 0.5) is 0 Å². The number of Topliss-reactive ketones (excluding diaryl/α,β-unsaturated/α-hetero) is 1. The second-order valence-electron chi connectivity index (χ2n) is 3.49. The Balaban J connectivity index is 2.92. The minimum atomic E-state index is -2.13. The average molecular weight is 222 g/mol. The van der Waals surface area contributed by atoms with Crippen molar-refractivity contribution in [2.75, 3.05) is 6.61 Å². The van der Waals surface area contributed by atoms with Gasteiger partial charge in [0.25, 0.3) is 0 Å². The fraction of sp³-hybridized carbons (Fsp3) is 0.333. The summed E-state index contributed by atoms with van der Waals surface area (Å²) in [6.07, 6.45) is 0. The number of hydrogen-bond donors (Lipinski definition) is 1. The van der Waals surface area contributed by atoms with Crippen molar-refractivity contribution in [2.24, 2.45) is 0 Å². The molecule has 0 heterocycles. The van der Waals surface area contributed by atoms with Gasteiger partial charge in [-0.25, -0.2) is 4.79 Å². The van der Waals surface area contributed by atoms with Crippen LogP contribution < -0.4 is 0 Å². The SMILES string of the molecule is CCOC(=O)[C@](C)(O)C(=O)c1ccccc1. The number of rotatable bonds is 4. The van der Waals surface area contributed by atoms with Gasteiger partial charge < -0.3 is 9.84 Å². The fourth-order valence-electron chi connectivity index (χ4n) is 1.23. The standard InChI is InChI=1S/C12H14O4/c1-3-16-11(14)12(2,15)10(13)9-7-5-4-6-8-9/h4-8,15H,3H2,1-2H3/t12-/m1/s1. The monoisotopic (exact) mass is 222 g/mol. The van der Waals surface area contributed by atoms with Crippen molar-refractivity contribution in [2.45, 2.75) is 19.4 Å². The highest BCUT2D eigenvalue weighted by atomic mass is 16.5. The first kappa shape index (κ1) is 12.4. The van der Waals surface area contributed by atoms with Crippen LogP contribution in [0.1, 0.15) is 24.2 Å². The Morgan fingerprint density at radius 3 is 2.38 bits per heavy atom. The number of ketones is 1. The quantitative estimate of drug-likeness (QED) is 0.472. The lowest BCUT2D eigenvalue weighted by atomic mass is 9.95. The zero-order chi connectivity index (χ0) is 12.2. The molecule has 0 aromatic heterocycles. The lowest BCUT2D eigenvalue weighted by Gasteiger charge is -2.19. The zero-order valence-corrected chi connectivity index (χ0v) is 9.27. The largest absolute Gasteiger partial charge is 0.464 e. The summed E-state index contributed by atoms with van der Waals surface area (Å²) in [7, 11) is 0. The normalized spacial score (nSPS) is 13.9. The van der Waals surface area contributed by atoms with E-state index in [-0.39, 0.29) is 12.2 Å². The number of carbonyl (C=O) groups is 2. The first-order chi connectivity index (χ1) is 7.50. The Kier molecular flexibility index (Phi) is 3.79. The van der Waals surface area contributed by atoms with E-state index in [0.717, 1.165) is 6.92 Å². The second-order valence-corrected chi connectivity index (χ2v) is 3.49. The maximum absolute atomic E-state index is 11.8. The van der Waals surface area contributed by atoms with Crippen LogP contribution in [0.5, 0.6) is 0 Å². The summed E-state index contributed by atoms with van der Waals surface area (Å²) >= 11 is 0. The van der Waals surface area contributed by atoms with E-state index in [1.165, 1.54) is 12.1 Å². The van der Waals surface area contributed by atoms with Gasteiger partial charge in [0.15, 0.2) is 0 Å². The summed E-state index contributed by atoms with van der Waals surface area (Å²) in [6.45, 7) is 2.87. The van der Waals surface area contributed by atoms with Gasteiger partial charge in [0.1, 0.15) is 0 Å². The molecule has 1 aromatic rings. The van der Waals surface area contributed by atoms with E-state index >= 15 is 0 Å². The third-order valence-electron chi connectivity index (χ3n) is 2.15. The maximum atomic E-state index is 11.8. The molecule has 1 atom stereocenters. The lowest BCUT2D eigenvalue weighted by Crippen LogP contribution is -2.44. The molecule has 0 aliphatic carbocycles. The van der Waals surface area contributed by atoms with Gasteiger partial charge in [-0.1, -0.05) is 30.3 Å². The van der Waals surface area contributed by atoms with Gasteiger partial charge >= 0.3 is 5.97 Å². The Bertz CT molecular complexity index is 381. The Labute approximate surface area is 93.9 Å². The molecular formula is C12H14O4. The number of hydrogen-bond acceptors (Lipinski definition) is 4.